The Morgan fingerprint density at radius 3 is 1.89 bits per heavy atom. The molecule has 0 aromatic heterocycles. The number of rotatable bonds is 5. The predicted octanol–water partition coefficient (Wildman–Crippen LogP) is 2.03. The third kappa shape index (κ3) is 3.35. The number of aliphatic carboxylic acids is 1. The molecule has 0 aliphatic heterocycles. The van der Waals surface area contributed by atoms with Gasteiger partial charge in [-0.05, 0) is 0 Å². The van der Waals surface area contributed by atoms with Crippen LogP contribution in [0.15, 0.2) is 0 Å². The smallest absolute Gasteiger partial charge is 0.321 e. The van der Waals surface area contributed by atoms with E-state index in [1.165, 1.54) is 0 Å². The molecule has 1 rings (SSSR count). The van der Waals surface area contributed by atoms with E-state index >= 15 is 0 Å². The molecule has 0 saturated carbocycles. The van der Waals surface area contributed by atoms with Gasteiger partial charge in [-0.1, -0.05) is 0 Å². The molecule has 3 N–H and O–H groups in total. The lowest BCUT2D eigenvalue weighted by atomic mass is 10.2. The fourth-order valence-electron chi connectivity index (χ4n) is 1.14. The fraction of sp³-hybridized carbons (Fsp3) is 0.300. The maximum absolute atomic E-state index is 13.2. The molecule has 1 atom stereocenters. The molecule has 1 aromatic carbocycles. The van der Waals surface area contributed by atoms with Gasteiger partial charge < -0.3 is 10.8 Å². The van der Waals surface area contributed by atoms with Crippen molar-refractivity contribution in [3.8, 4) is 0 Å². The summed E-state index contributed by atoms with van der Waals surface area (Å²) in [4.78, 5) is 10.4. The molecule has 1 aromatic rings. The monoisotopic (exact) mass is 301 g/mol. The van der Waals surface area contributed by atoms with E-state index in [9.17, 15) is 26.7 Å². The van der Waals surface area contributed by atoms with Crippen LogP contribution in [0.3, 0.4) is 0 Å². The third-order valence-electron chi connectivity index (χ3n) is 2.16. The number of hydrogen-bond donors (Lipinski definition) is 2. The molecule has 0 aliphatic rings. The van der Waals surface area contributed by atoms with E-state index in [0.717, 1.165) is 0 Å². The highest BCUT2D eigenvalue weighted by Crippen LogP contribution is 2.26. The normalized spacial score (nSPS) is 12.5. The van der Waals surface area contributed by atoms with Gasteiger partial charge in [0.25, 0.3) is 0 Å². The van der Waals surface area contributed by atoms with Crippen molar-refractivity contribution in [1.29, 1.82) is 0 Å². The van der Waals surface area contributed by atoms with Gasteiger partial charge in [-0.3, -0.25) is 4.79 Å². The van der Waals surface area contributed by atoms with Gasteiger partial charge in [0, 0.05) is 17.1 Å². The zero-order valence-corrected chi connectivity index (χ0v) is 10.0. The van der Waals surface area contributed by atoms with Gasteiger partial charge in [-0.2, -0.15) is 11.8 Å². The van der Waals surface area contributed by atoms with Crippen molar-refractivity contribution >= 4 is 17.7 Å². The van der Waals surface area contributed by atoms with Crippen molar-refractivity contribution in [2.45, 2.75) is 11.8 Å². The zero-order valence-electron chi connectivity index (χ0n) is 9.22. The standard InChI is InChI=1S/C10H8F5NO2S/c11-5-3(1-19-2-4(16)10(17)18)6(12)8(14)9(15)7(5)13/h4H,1-2,16H2,(H,17,18)/t4-/m0/s1. The summed E-state index contributed by atoms with van der Waals surface area (Å²) in [6.45, 7) is 0. The van der Waals surface area contributed by atoms with Crippen LogP contribution in [-0.4, -0.2) is 22.9 Å². The minimum atomic E-state index is -2.23. The molecule has 0 amide bonds. The van der Waals surface area contributed by atoms with E-state index < -0.39 is 52.4 Å². The Hall–Kier alpha value is -1.35. The first-order valence-corrected chi connectivity index (χ1v) is 5.99. The lowest BCUT2D eigenvalue weighted by molar-refractivity contribution is -0.137. The maximum atomic E-state index is 13.2. The Labute approximate surface area is 108 Å². The predicted molar refractivity (Wildman–Crippen MR) is 58.0 cm³/mol. The Balaban J connectivity index is 2.88. The van der Waals surface area contributed by atoms with E-state index in [-0.39, 0.29) is 5.75 Å². The Morgan fingerprint density at radius 2 is 1.47 bits per heavy atom. The molecule has 3 nitrogen and oxygen atoms in total. The minimum absolute atomic E-state index is 0.227. The van der Waals surface area contributed by atoms with Crippen LogP contribution in [0.5, 0.6) is 0 Å². The Bertz CT molecular complexity index is 482. The highest BCUT2D eigenvalue weighted by atomic mass is 32.2. The average molecular weight is 301 g/mol. The van der Waals surface area contributed by atoms with E-state index in [4.69, 9.17) is 10.8 Å². The fourth-order valence-corrected chi connectivity index (χ4v) is 2.11. The summed E-state index contributed by atoms with van der Waals surface area (Å²) in [5.41, 5.74) is 4.12. The molecular formula is C10H8F5NO2S. The molecule has 0 spiro atoms. The van der Waals surface area contributed by atoms with Crippen molar-refractivity contribution in [1.82, 2.24) is 0 Å². The molecule has 19 heavy (non-hydrogen) atoms. The van der Waals surface area contributed by atoms with Crippen LogP contribution in [0, 0.1) is 29.1 Å². The molecular weight excluding hydrogens is 293 g/mol. The second-order valence-corrected chi connectivity index (χ2v) is 4.54. The van der Waals surface area contributed by atoms with Crippen LogP contribution >= 0.6 is 11.8 Å². The van der Waals surface area contributed by atoms with Crippen LogP contribution in [0.2, 0.25) is 0 Å². The van der Waals surface area contributed by atoms with Crippen molar-refractivity contribution in [3.05, 3.63) is 34.6 Å². The summed E-state index contributed by atoms with van der Waals surface area (Å²) in [5, 5.41) is 8.46. The van der Waals surface area contributed by atoms with Crippen LogP contribution in [0.1, 0.15) is 5.56 Å². The number of nitrogens with two attached hydrogens (primary N) is 1. The second kappa shape index (κ2) is 6.20. The van der Waals surface area contributed by atoms with Crippen LogP contribution in [0.4, 0.5) is 22.0 Å². The largest absolute Gasteiger partial charge is 0.480 e. The summed E-state index contributed by atoms with van der Waals surface area (Å²) in [7, 11) is 0. The van der Waals surface area contributed by atoms with Gasteiger partial charge in [0.15, 0.2) is 23.3 Å². The van der Waals surface area contributed by atoms with Gasteiger partial charge in [0.1, 0.15) is 6.04 Å². The number of carboxylic acid groups (broad SMARTS) is 1. The molecule has 0 aliphatic carbocycles. The summed E-state index contributed by atoms with van der Waals surface area (Å²) in [6.07, 6.45) is 0. The van der Waals surface area contributed by atoms with E-state index in [1.807, 2.05) is 0 Å². The molecule has 0 fully saturated rings. The first-order chi connectivity index (χ1) is 8.77. The SMILES string of the molecule is N[C@@H](CSCc1c(F)c(F)c(F)c(F)c1F)C(=O)O. The molecule has 0 saturated heterocycles. The van der Waals surface area contributed by atoms with Crippen LogP contribution in [0.25, 0.3) is 0 Å². The van der Waals surface area contributed by atoms with Gasteiger partial charge in [0.2, 0.25) is 5.82 Å². The lowest BCUT2D eigenvalue weighted by Gasteiger charge is -2.09. The number of thioether (sulfide) groups is 1. The quantitative estimate of drug-likeness (QED) is 0.496. The van der Waals surface area contributed by atoms with E-state index in [0.29, 0.717) is 11.8 Å². The van der Waals surface area contributed by atoms with Gasteiger partial charge >= 0.3 is 5.97 Å². The van der Waals surface area contributed by atoms with Crippen molar-refractivity contribution in [3.63, 3.8) is 0 Å². The highest BCUT2D eigenvalue weighted by Gasteiger charge is 2.25. The molecule has 106 valence electrons. The molecule has 9 heteroatoms. The molecule has 0 bridgehead atoms. The Kier molecular flexibility index (Phi) is 5.12. The first kappa shape index (κ1) is 15.7. The minimum Gasteiger partial charge on any atom is -0.480 e. The van der Waals surface area contributed by atoms with E-state index in [2.05, 4.69) is 0 Å². The number of carboxylic acids is 1. The van der Waals surface area contributed by atoms with Gasteiger partial charge in [0.05, 0.1) is 0 Å². The van der Waals surface area contributed by atoms with E-state index in [1.54, 1.807) is 0 Å². The van der Waals surface area contributed by atoms with Crippen LogP contribution < -0.4 is 5.73 Å². The Morgan fingerprint density at radius 1 is 1.05 bits per heavy atom. The first-order valence-electron chi connectivity index (χ1n) is 4.83. The summed E-state index contributed by atoms with van der Waals surface area (Å²) >= 11 is 0.653. The molecule has 0 heterocycles. The highest BCUT2D eigenvalue weighted by molar-refractivity contribution is 7.98. The number of benzene rings is 1. The van der Waals surface area contributed by atoms with Gasteiger partial charge in [-0.25, -0.2) is 22.0 Å². The number of halogens is 5. The number of carbonyl (C=O) groups is 1. The molecule has 0 unspecified atom stereocenters. The lowest BCUT2D eigenvalue weighted by Crippen LogP contribution is -2.32. The van der Waals surface area contributed by atoms with Crippen molar-refractivity contribution in [2.24, 2.45) is 5.73 Å². The average Bonchev–Trinajstić information content (AvgIpc) is 2.37. The zero-order chi connectivity index (χ0) is 14.7. The second-order valence-electron chi connectivity index (χ2n) is 3.51. The number of hydrogen-bond acceptors (Lipinski definition) is 3. The summed E-state index contributed by atoms with van der Waals surface area (Å²) in [6, 6.07) is -1.29. The molecule has 0 radical (unpaired) electrons. The van der Waals surface area contributed by atoms with Crippen LogP contribution in [-0.2, 0) is 10.5 Å². The summed E-state index contributed by atoms with van der Waals surface area (Å²) < 4.78 is 64.8. The maximum Gasteiger partial charge on any atom is 0.321 e. The third-order valence-corrected chi connectivity index (χ3v) is 3.25. The van der Waals surface area contributed by atoms with Crippen molar-refractivity contribution < 1.29 is 31.9 Å². The van der Waals surface area contributed by atoms with Gasteiger partial charge in [-0.15, -0.1) is 0 Å². The van der Waals surface area contributed by atoms with Crippen molar-refractivity contribution in [2.75, 3.05) is 5.75 Å². The topological polar surface area (TPSA) is 63.3 Å². The summed E-state index contributed by atoms with van der Waals surface area (Å²) in [5.74, 6) is -12.3.